The lowest BCUT2D eigenvalue weighted by Crippen LogP contribution is -2.35. The Kier molecular flexibility index (Phi) is 5.69. The largest absolute Gasteiger partial charge is 0.372 e. The Morgan fingerprint density at radius 3 is 2.36 bits per heavy atom. The minimum atomic E-state index is 0.728. The van der Waals surface area contributed by atoms with Crippen LogP contribution in [0.25, 0.3) is 0 Å². The molecule has 5 heteroatoms. The summed E-state index contributed by atoms with van der Waals surface area (Å²) in [6.45, 7) is 11.1. The van der Waals surface area contributed by atoms with E-state index in [9.17, 15) is 0 Å². The molecule has 28 heavy (non-hydrogen) atoms. The van der Waals surface area contributed by atoms with Crippen LogP contribution in [0.3, 0.4) is 0 Å². The quantitative estimate of drug-likeness (QED) is 0.810. The number of anilines is 4. The van der Waals surface area contributed by atoms with Crippen LogP contribution in [0.15, 0.2) is 30.3 Å². The number of aryl methyl sites for hydroxylation is 1. The van der Waals surface area contributed by atoms with Gasteiger partial charge in [0.1, 0.15) is 17.5 Å². The third-order valence-electron chi connectivity index (χ3n) is 6.09. The van der Waals surface area contributed by atoms with Crippen LogP contribution in [0.1, 0.15) is 45.4 Å². The zero-order valence-corrected chi connectivity index (χ0v) is 17.5. The summed E-state index contributed by atoms with van der Waals surface area (Å²) in [6.07, 6.45) is 5.13. The second-order valence-electron chi connectivity index (χ2n) is 8.69. The molecule has 2 aliphatic heterocycles. The van der Waals surface area contributed by atoms with Gasteiger partial charge in [-0.05, 0) is 68.7 Å². The number of nitrogens with one attached hydrogen (secondary N) is 1. The lowest BCUT2D eigenvalue weighted by atomic mass is 9.99. The molecule has 0 aliphatic carbocycles. The Labute approximate surface area is 169 Å². The highest BCUT2D eigenvalue weighted by atomic mass is 15.2. The third-order valence-corrected chi connectivity index (χ3v) is 6.09. The van der Waals surface area contributed by atoms with E-state index in [-0.39, 0.29) is 0 Å². The van der Waals surface area contributed by atoms with E-state index in [0.29, 0.717) is 0 Å². The Balaban J connectivity index is 1.45. The fraction of sp³-hybridized carbons (Fsp3) is 0.565. The molecule has 0 bridgehead atoms. The van der Waals surface area contributed by atoms with Gasteiger partial charge in [0.15, 0.2) is 0 Å². The summed E-state index contributed by atoms with van der Waals surface area (Å²) in [7, 11) is 0. The molecule has 2 aromatic rings. The molecule has 1 aromatic heterocycles. The number of hydrogen-bond donors (Lipinski definition) is 1. The maximum absolute atomic E-state index is 4.68. The molecule has 2 saturated heterocycles. The maximum Gasteiger partial charge on any atom is 0.136 e. The molecule has 1 N–H and O–H groups in total. The molecule has 1 atom stereocenters. The van der Waals surface area contributed by atoms with E-state index in [2.05, 4.69) is 69.3 Å². The van der Waals surface area contributed by atoms with Gasteiger partial charge in [0, 0.05) is 43.6 Å². The van der Waals surface area contributed by atoms with E-state index >= 15 is 0 Å². The van der Waals surface area contributed by atoms with Gasteiger partial charge in [-0.1, -0.05) is 13.8 Å². The zero-order chi connectivity index (χ0) is 19.5. The molecule has 0 amide bonds. The summed E-state index contributed by atoms with van der Waals surface area (Å²) in [5.74, 6) is 4.32. The van der Waals surface area contributed by atoms with E-state index in [0.717, 1.165) is 61.2 Å². The summed E-state index contributed by atoms with van der Waals surface area (Å²) >= 11 is 0. The van der Waals surface area contributed by atoms with Gasteiger partial charge in [0.2, 0.25) is 0 Å². The Bertz CT molecular complexity index is 780. The fourth-order valence-corrected chi connectivity index (χ4v) is 4.35. The van der Waals surface area contributed by atoms with Crippen LogP contribution in [0.4, 0.5) is 23.0 Å². The van der Waals surface area contributed by atoms with Gasteiger partial charge in [-0.15, -0.1) is 0 Å². The van der Waals surface area contributed by atoms with E-state index in [1.807, 2.05) is 6.92 Å². The molecule has 0 saturated carbocycles. The van der Waals surface area contributed by atoms with Gasteiger partial charge in [-0.3, -0.25) is 0 Å². The molecule has 0 spiro atoms. The number of hydrogen-bond acceptors (Lipinski definition) is 5. The molecule has 1 aromatic carbocycles. The average Bonchev–Trinajstić information content (AvgIpc) is 2.69. The van der Waals surface area contributed by atoms with Gasteiger partial charge in [-0.2, -0.15) is 0 Å². The van der Waals surface area contributed by atoms with Crippen LogP contribution in [0.2, 0.25) is 0 Å². The van der Waals surface area contributed by atoms with E-state index in [1.165, 1.54) is 31.4 Å². The number of nitrogens with zero attached hydrogens (tertiary/aromatic N) is 4. The highest BCUT2D eigenvalue weighted by molar-refractivity contribution is 5.63. The molecule has 5 nitrogen and oxygen atoms in total. The molecule has 0 radical (unpaired) electrons. The highest BCUT2D eigenvalue weighted by Gasteiger charge is 2.19. The molecular weight excluding hydrogens is 346 g/mol. The van der Waals surface area contributed by atoms with Crippen molar-refractivity contribution < 1.29 is 0 Å². The first kappa shape index (κ1) is 19.0. The van der Waals surface area contributed by atoms with Gasteiger partial charge in [0.25, 0.3) is 0 Å². The summed E-state index contributed by atoms with van der Waals surface area (Å²) in [5.41, 5.74) is 2.39. The molecule has 2 fully saturated rings. The smallest absolute Gasteiger partial charge is 0.136 e. The summed E-state index contributed by atoms with van der Waals surface area (Å²) in [5, 5.41) is 3.48. The monoisotopic (exact) mass is 379 g/mol. The van der Waals surface area contributed by atoms with Crippen molar-refractivity contribution in [2.45, 2.75) is 46.5 Å². The standard InChI is InChI=1S/C23H33N5/c1-17-10-13-27(14-11-17)21-8-6-20(7-9-21)26-22-15-23(25-19(3)24-22)28-12-4-5-18(2)16-28/h6-9,15,17-18H,4-5,10-14,16H2,1-3H3,(H,24,25,26). The van der Waals surface area contributed by atoms with Crippen molar-refractivity contribution in [3.05, 3.63) is 36.2 Å². The van der Waals surface area contributed by atoms with Crippen molar-refractivity contribution in [1.82, 2.24) is 9.97 Å². The molecule has 1 unspecified atom stereocenters. The van der Waals surface area contributed by atoms with Crippen molar-refractivity contribution in [3.63, 3.8) is 0 Å². The predicted octanol–water partition coefficient (Wildman–Crippen LogP) is 5.00. The average molecular weight is 380 g/mol. The first-order chi connectivity index (χ1) is 13.6. The summed E-state index contributed by atoms with van der Waals surface area (Å²) in [6, 6.07) is 10.9. The normalized spacial score (nSPS) is 21.0. The zero-order valence-electron chi connectivity index (χ0n) is 17.5. The lowest BCUT2D eigenvalue weighted by molar-refractivity contribution is 0.438. The number of rotatable bonds is 4. The van der Waals surface area contributed by atoms with Gasteiger partial charge < -0.3 is 15.1 Å². The topological polar surface area (TPSA) is 44.3 Å². The van der Waals surface area contributed by atoms with Crippen molar-refractivity contribution in [3.8, 4) is 0 Å². The van der Waals surface area contributed by atoms with Gasteiger partial charge in [0.05, 0.1) is 0 Å². The van der Waals surface area contributed by atoms with Crippen molar-refractivity contribution in [2.75, 3.05) is 41.3 Å². The van der Waals surface area contributed by atoms with Crippen molar-refractivity contribution in [2.24, 2.45) is 11.8 Å². The van der Waals surface area contributed by atoms with E-state index in [4.69, 9.17) is 0 Å². The first-order valence-electron chi connectivity index (χ1n) is 10.8. The minimum absolute atomic E-state index is 0.728. The van der Waals surface area contributed by atoms with Gasteiger partial charge >= 0.3 is 0 Å². The fourth-order valence-electron chi connectivity index (χ4n) is 4.35. The first-order valence-corrected chi connectivity index (χ1v) is 10.8. The van der Waals surface area contributed by atoms with E-state index < -0.39 is 0 Å². The second kappa shape index (κ2) is 8.38. The van der Waals surface area contributed by atoms with Crippen LogP contribution < -0.4 is 15.1 Å². The molecule has 4 rings (SSSR count). The Morgan fingerprint density at radius 1 is 0.893 bits per heavy atom. The predicted molar refractivity (Wildman–Crippen MR) is 118 cm³/mol. The third kappa shape index (κ3) is 4.57. The SMILES string of the molecule is Cc1nc(Nc2ccc(N3CCC(C)CC3)cc2)cc(N2CCCC(C)C2)n1. The molecular formula is C23H33N5. The lowest BCUT2D eigenvalue weighted by Gasteiger charge is -2.32. The molecule has 150 valence electrons. The maximum atomic E-state index is 4.68. The second-order valence-corrected chi connectivity index (χ2v) is 8.69. The summed E-state index contributed by atoms with van der Waals surface area (Å²) in [4.78, 5) is 14.2. The van der Waals surface area contributed by atoms with Crippen molar-refractivity contribution >= 4 is 23.0 Å². The van der Waals surface area contributed by atoms with Gasteiger partial charge in [-0.25, -0.2) is 9.97 Å². The summed E-state index contributed by atoms with van der Waals surface area (Å²) < 4.78 is 0. The number of piperidine rings is 2. The van der Waals surface area contributed by atoms with Crippen LogP contribution in [-0.2, 0) is 0 Å². The van der Waals surface area contributed by atoms with Crippen LogP contribution >= 0.6 is 0 Å². The van der Waals surface area contributed by atoms with E-state index in [1.54, 1.807) is 0 Å². The number of benzene rings is 1. The van der Waals surface area contributed by atoms with Crippen molar-refractivity contribution in [1.29, 1.82) is 0 Å². The van der Waals surface area contributed by atoms with Crippen LogP contribution in [0, 0.1) is 18.8 Å². The number of aromatic nitrogens is 2. The van der Waals surface area contributed by atoms with Crippen LogP contribution in [0.5, 0.6) is 0 Å². The highest BCUT2D eigenvalue weighted by Crippen LogP contribution is 2.27. The molecule has 3 heterocycles. The molecule has 2 aliphatic rings. The minimum Gasteiger partial charge on any atom is -0.372 e. The Morgan fingerprint density at radius 2 is 1.64 bits per heavy atom. The Hall–Kier alpha value is -2.30. The van der Waals surface area contributed by atoms with Crippen LogP contribution in [-0.4, -0.2) is 36.1 Å².